The third-order valence-electron chi connectivity index (χ3n) is 8.38. The van der Waals surface area contributed by atoms with Gasteiger partial charge in [0.25, 0.3) is 0 Å². The summed E-state index contributed by atoms with van der Waals surface area (Å²) in [6.45, 7) is 5.94. The van der Waals surface area contributed by atoms with Crippen LogP contribution in [0.1, 0.15) is 54.0 Å². The summed E-state index contributed by atoms with van der Waals surface area (Å²) in [5.74, 6) is -2.56. The maximum atomic E-state index is 13.0. The molecule has 2 fully saturated rings. The number of cyclic esters (lactones) is 1. The fraction of sp³-hybridized carbons (Fsp3) is 0.517. The second-order valence-corrected chi connectivity index (χ2v) is 16.6. The number of anilines is 1. The number of allylic oxidation sites excluding steroid dienone is 1. The average Bonchev–Trinajstić information content (AvgIpc) is 3.77. The number of phenols is 1. The minimum Gasteiger partial charge on any atom is -0.507 e. The van der Waals surface area contributed by atoms with E-state index in [2.05, 4.69) is 15.0 Å². The minimum atomic E-state index is -4.70. The number of benzene rings is 1. The Bertz CT molecular complexity index is 1930. The SMILES string of the molecule is COc1c(C)c2c(c(O)c1C/C=C(\C)COP(=O)(O)CP(=O)(O)OC[C@H]1O[C@@H](n3cnc4c(N)ncnc43)[C@@H]3OC(C)(C)O[C@@H]31)C(=O)OC2. The highest BCUT2D eigenvalue weighted by Crippen LogP contribution is 2.59. The molecule has 2 aromatic heterocycles. The zero-order valence-electron chi connectivity index (χ0n) is 27.3. The summed E-state index contributed by atoms with van der Waals surface area (Å²) < 4.78 is 66.7. The molecule has 6 rings (SSSR count). The van der Waals surface area contributed by atoms with E-state index in [0.29, 0.717) is 39.2 Å². The van der Waals surface area contributed by atoms with Crippen molar-refractivity contribution in [2.45, 2.75) is 71.0 Å². The van der Waals surface area contributed by atoms with E-state index < -0.39 is 64.0 Å². The van der Waals surface area contributed by atoms with Crippen molar-refractivity contribution in [3.63, 3.8) is 0 Å². The number of methoxy groups -OCH3 is 1. The Balaban J connectivity index is 1.08. The van der Waals surface area contributed by atoms with Crippen molar-refractivity contribution in [1.82, 2.24) is 19.5 Å². The van der Waals surface area contributed by atoms with Crippen LogP contribution in [0.3, 0.4) is 0 Å². The molecule has 0 bridgehead atoms. The quantitative estimate of drug-likeness (QED) is 0.119. The molecule has 6 atom stereocenters. The molecule has 1 aromatic carbocycles. The number of nitrogens with zero attached hydrogens (tertiary/aromatic N) is 4. The van der Waals surface area contributed by atoms with Crippen LogP contribution in [-0.4, -0.2) is 90.7 Å². The lowest BCUT2D eigenvalue weighted by Crippen LogP contribution is -2.32. The van der Waals surface area contributed by atoms with Crippen LogP contribution < -0.4 is 10.5 Å². The number of fused-ring (bicyclic) bond motifs is 3. The number of esters is 1. The van der Waals surface area contributed by atoms with E-state index in [1.54, 1.807) is 38.3 Å². The number of hydrogen-bond donors (Lipinski definition) is 4. The third-order valence-corrected chi connectivity index (χ3v) is 12.3. The van der Waals surface area contributed by atoms with Crippen molar-refractivity contribution in [3.05, 3.63) is 46.6 Å². The largest absolute Gasteiger partial charge is 0.507 e. The normalized spacial score (nSPS) is 25.5. The van der Waals surface area contributed by atoms with Crippen LogP contribution >= 0.6 is 15.2 Å². The zero-order valence-corrected chi connectivity index (χ0v) is 29.1. The topological polar surface area (TPSA) is 246 Å². The molecule has 266 valence electrons. The van der Waals surface area contributed by atoms with Gasteiger partial charge in [-0.05, 0) is 39.7 Å². The van der Waals surface area contributed by atoms with E-state index in [1.807, 2.05) is 0 Å². The van der Waals surface area contributed by atoms with Gasteiger partial charge in [-0.1, -0.05) is 11.6 Å². The fourth-order valence-corrected chi connectivity index (χ4v) is 9.38. The van der Waals surface area contributed by atoms with Crippen LogP contribution in [0.2, 0.25) is 0 Å². The van der Waals surface area contributed by atoms with Gasteiger partial charge < -0.3 is 53.4 Å². The highest BCUT2D eigenvalue weighted by Gasteiger charge is 2.56. The van der Waals surface area contributed by atoms with Gasteiger partial charge in [-0.25, -0.2) is 19.7 Å². The number of nitrogen functional groups attached to an aromatic ring is 1. The number of hydrogen-bond acceptors (Lipinski definition) is 15. The van der Waals surface area contributed by atoms with Crippen LogP contribution in [0.25, 0.3) is 11.2 Å². The van der Waals surface area contributed by atoms with Crippen molar-refractivity contribution >= 4 is 38.1 Å². The predicted molar refractivity (Wildman–Crippen MR) is 170 cm³/mol. The van der Waals surface area contributed by atoms with E-state index in [-0.39, 0.29) is 36.8 Å². The van der Waals surface area contributed by atoms with Gasteiger partial charge in [0, 0.05) is 11.1 Å². The van der Waals surface area contributed by atoms with E-state index in [0.717, 1.165) is 0 Å². The first kappa shape index (κ1) is 35.4. The first-order valence-corrected chi connectivity index (χ1v) is 18.6. The van der Waals surface area contributed by atoms with Crippen molar-refractivity contribution in [1.29, 1.82) is 0 Å². The molecule has 3 aliphatic heterocycles. The van der Waals surface area contributed by atoms with Crippen molar-refractivity contribution < 1.29 is 61.5 Å². The average molecular weight is 726 g/mol. The van der Waals surface area contributed by atoms with Crippen LogP contribution in [-0.2, 0) is 50.2 Å². The van der Waals surface area contributed by atoms with Gasteiger partial charge in [0.1, 0.15) is 53.8 Å². The zero-order chi connectivity index (χ0) is 35.5. The van der Waals surface area contributed by atoms with Crippen LogP contribution in [0.4, 0.5) is 5.82 Å². The Morgan fingerprint density at radius 2 is 1.88 bits per heavy atom. The lowest BCUT2D eigenvalue weighted by atomic mass is 9.95. The molecule has 20 heteroatoms. The number of imidazole rings is 1. The Morgan fingerprint density at radius 3 is 2.61 bits per heavy atom. The molecule has 0 saturated carbocycles. The summed E-state index contributed by atoms with van der Waals surface area (Å²) >= 11 is 0. The predicted octanol–water partition coefficient (Wildman–Crippen LogP) is 3.07. The van der Waals surface area contributed by atoms with Crippen LogP contribution in [0.5, 0.6) is 11.5 Å². The Hall–Kier alpha value is -3.44. The smallest absolute Gasteiger partial charge is 0.342 e. The molecule has 2 saturated heterocycles. The van der Waals surface area contributed by atoms with Crippen molar-refractivity contribution in [2.75, 3.05) is 32.0 Å². The number of carbonyl (C=O) groups is 1. The molecule has 18 nitrogen and oxygen atoms in total. The number of ether oxygens (including phenoxy) is 5. The first-order chi connectivity index (χ1) is 23.0. The fourth-order valence-electron chi connectivity index (χ4n) is 6.14. The lowest BCUT2D eigenvalue weighted by Gasteiger charge is -2.25. The van der Waals surface area contributed by atoms with Crippen LogP contribution in [0, 0.1) is 6.92 Å². The van der Waals surface area contributed by atoms with Gasteiger partial charge in [0.15, 0.2) is 29.4 Å². The van der Waals surface area contributed by atoms with E-state index in [9.17, 15) is 28.8 Å². The second-order valence-electron chi connectivity index (χ2n) is 12.4. The van der Waals surface area contributed by atoms with Crippen molar-refractivity contribution in [3.8, 4) is 11.5 Å². The van der Waals surface area contributed by atoms with Gasteiger partial charge in [-0.2, -0.15) is 0 Å². The van der Waals surface area contributed by atoms with Gasteiger partial charge >= 0.3 is 21.2 Å². The van der Waals surface area contributed by atoms with E-state index >= 15 is 0 Å². The second kappa shape index (κ2) is 13.0. The molecule has 0 radical (unpaired) electrons. The lowest BCUT2D eigenvalue weighted by molar-refractivity contribution is -0.199. The molecule has 0 aliphatic carbocycles. The summed E-state index contributed by atoms with van der Waals surface area (Å²) in [6, 6.07) is 0. The number of aromatic hydroxyl groups is 1. The highest BCUT2D eigenvalue weighted by molar-refractivity contribution is 7.70. The summed E-state index contributed by atoms with van der Waals surface area (Å²) in [7, 11) is -7.92. The molecule has 2 unspecified atom stereocenters. The maximum absolute atomic E-state index is 13.0. The number of nitrogens with two attached hydrogens (primary N) is 1. The highest BCUT2D eigenvalue weighted by atomic mass is 31.2. The monoisotopic (exact) mass is 725 g/mol. The molecular formula is C29H37N5O13P2. The number of carbonyl (C=O) groups excluding carboxylic acids is 1. The summed E-state index contributed by atoms with van der Waals surface area (Å²) in [6.07, 6.45) is 1.28. The summed E-state index contributed by atoms with van der Waals surface area (Å²) in [4.78, 5) is 45.6. The Labute approximate surface area is 280 Å². The maximum Gasteiger partial charge on any atom is 0.342 e. The molecule has 5 heterocycles. The van der Waals surface area contributed by atoms with Gasteiger partial charge in [0.2, 0.25) is 0 Å². The Morgan fingerprint density at radius 1 is 1.16 bits per heavy atom. The van der Waals surface area contributed by atoms with Gasteiger partial charge in [-0.3, -0.25) is 13.7 Å². The molecule has 49 heavy (non-hydrogen) atoms. The molecule has 0 amide bonds. The van der Waals surface area contributed by atoms with E-state index in [1.165, 1.54) is 19.8 Å². The molecular weight excluding hydrogens is 688 g/mol. The molecule has 0 spiro atoms. The Kier molecular flexibility index (Phi) is 9.41. The molecule has 3 aromatic rings. The first-order valence-electron chi connectivity index (χ1n) is 15.1. The van der Waals surface area contributed by atoms with Crippen LogP contribution in [0.15, 0.2) is 24.3 Å². The van der Waals surface area contributed by atoms with E-state index in [4.69, 9.17) is 38.5 Å². The molecule has 5 N–H and O–H groups in total. The molecule has 3 aliphatic rings. The standard InChI is InChI=1S/C29H37N5O13P2/c1-14(6-7-16-21(35)19-17(9-42-28(19)36)15(2)22(16)41-5)8-43-48(37,38)13-49(39,40)44-10-18-23-24(47-29(3,4)46-23)27(45-18)34-12-33-20-25(30)31-11-32-26(20)34/h6,11-12,18,23-24,27,35H,7-10,13H2,1-5H3,(H,37,38)(H,39,40)(H2,30,31,32)/b14-6+/t18-,23-,24-,27-/m1/s1. The van der Waals surface area contributed by atoms with Gasteiger partial charge in [-0.15, -0.1) is 0 Å². The van der Waals surface area contributed by atoms with Gasteiger partial charge in [0.05, 0.1) is 26.7 Å². The third kappa shape index (κ3) is 6.98. The number of phenolic OH excluding ortho intramolecular Hbond substituents is 1. The van der Waals surface area contributed by atoms with Crippen molar-refractivity contribution in [2.24, 2.45) is 0 Å². The number of aromatic nitrogens is 4. The summed E-state index contributed by atoms with van der Waals surface area (Å²) in [5, 5.41) is 10.8. The minimum absolute atomic E-state index is 0.0292. The summed E-state index contributed by atoms with van der Waals surface area (Å²) in [5.41, 5.74) is 8.72. The number of rotatable bonds is 12.